The smallest absolute Gasteiger partial charge is 0.322 e. The summed E-state index contributed by atoms with van der Waals surface area (Å²) < 4.78 is 0.725. The SMILES string of the molecule is CN(Cc1ccc(Cl)s1)CN1C(=O)NC(Cc2ccccc2)(Cc2ccccc2)C1=O. The van der Waals surface area contributed by atoms with Crippen molar-refractivity contribution >= 4 is 34.9 Å². The Morgan fingerprint density at radius 2 is 1.52 bits per heavy atom. The summed E-state index contributed by atoms with van der Waals surface area (Å²) in [5, 5.41) is 3.03. The van der Waals surface area contributed by atoms with E-state index in [9.17, 15) is 9.59 Å². The molecule has 3 amide bonds. The molecule has 2 heterocycles. The van der Waals surface area contributed by atoms with Crippen molar-refractivity contribution in [2.45, 2.75) is 24.9 Å². The molecule has 0 atom stereocenters. The van der Waals surface area contributed by atoms with Gasteiger partial charge in [0.1, 0.15) is 5.54 Å². The number of hydrogen-bond acceptors (Lipinski definition) is 4. The number of halogens is 1. The fourth-order valence-electron chi connectivity index (χ4n) is 3.99. The Labute approximate surface area is 191 Å². The molecule has 31 heavy (non-hydrogen) atoms. The number of carbonyl (C=O) groups is 2. The van der Waals surface area contributed by atoms with Crippen LogP contribution in [0.4, 0.5) is 4.79 Å². The number of rotatable bonds is 8. The molecule has 2 aromatic carbocycles. The third-order valence-corrected chi connectivity index (χ3v) is 6.60. The third-order valence-electron chi connectivity index (χ3n) is 5.38. The molecule has 1 aromatic heterocycles. The molecule has 0 bridgehead atoms. The summed E-state index contributed by atoms with van der Waals surface area (Å²) in [6.45, 7) is 0.824. The van der Waals surface area contributed by atoms with Crippen molar-refractivity contribution in [3.8, 4) is 0 Å². The summed E-state index contributed by atoms with van der Waals surface area (Å²) in [5.41, 5.74) is 1.01. The van der Waals surface area contributed by atoms with Gasteiger partial charge >= 0.3 is 6.03 Å². The van der Waals surface area contributed by atoms with Crippen LogP contribution in [0.1, 0.15) is 16.0 Å². The van der Waals surface area contributed by atoms with E-state index in [1.165, 1.54) is 16.2 Å². The van der Waals surface area contributed by atoms with Crippen LogP contribution >= 0.6 is 22.9 Å². The van der Waals surface area contributed by atoms with Crippen LogP contribution in [0.3, 0.4) is 0 Å². The van der Waals surface area contributed by atoms with Gasteiger partial charge in [0.25, 0.3) is 5.91 Å². The lowest BCUT2D eigenvalue weighted by Gasteiger charge is -2.28. The Morgan fingerprint density at radius 3 is 2.03 bits per heavy atom. The molecule has 3 aromatic rings. The van der Waals surface area contributed by atoms with Crippen LogP contribution in [0.2, 0.25) is 4.34 Å². The average Bonchev–Trinajstić information content (AvgIpc) is 3.25. The predicted octanol–water partition coefficient (Wildman–Crippen LogP) is 4.57. The second-order valence-corrected chi connectivity index (χ2v) is 9.73. The highest BCUT2D eigenvalue weighted by Crippen LogP contribution is 2.28. The molecule has 7 heteroatoms. The van der Waals surface area contributed by atoms with Crippen molar-refractivity contribution in [3.63, 3.8) is 0 Å². The number of amides is 3. The molecule has 0 spiro atoms. The van der Waals surface area contributed by atoms with E-state index in [0.29, 0.717) is 19.4 Å². The molecule has 1 aliphatic rings. The van der Waals surface area contributed by atoms with E-state index < -0.39 is 5.54 Å². The average molecular weight is 454 g/mol. The minimum atomic E-state index is -1.01. The second-order valence-electron chi connectivity index (χ2n) is 7.93. The molecular weight excluding hydrogens is 430 g/mol. The Bertz CT molecular complexity index is 1010. The zero-order chi connectivity index (χ0) is 21.8. The Balaban J connectivity index is 1.56. The first kappa shape index (κ1) is 21.6. The fraction of sp³-hybridized carbons (Fsp3) is 0.250. The lowest BCUT2D eigenvalue weighted by molar-refractivity contribution is -0.132. The Hall–Kier alpha value is -2.67. The van der Waals surface area contributed by atoms with E-state index in [4.69, 9.17) is 11.6 Å². The van der Waals surface area contributed by atoms with Gasteiger partial charge in [0, 0.05) is 24.3 Å². The standard InChI is InChI=1S/C24H24ClN3O2S/c1-27(16-20-12-13-21(25)31-20)17-28-22(29)24(26-23(28)30,14-18-8-4-2-5-9-18)15-19-10-6-3-7-11-19/h2-13H,14-17H2,1H3,(H,26,30). The maximum atomic E-state index is 13.6. The van der Waals surface area contributed by atoms with Crippen LogP contribution < -0.4 is 5.32 Å². The minimum Gasteiger partial charge on any atom is -0.322 e. The molecule has 1 aliphatic heterocycles. The number of carbonyl (C=O) groups excluding carboxylic acids is 2. The topological polar surface area (TPSA) is 52.6 Å². The quantitative estimate of drug-likeness (QED) is 0.508. The van der Waals surface area contributed by atoms with Crippen LogP contribution in [-0.4, -0.2) is 41.0 Å². The molecule has 1 N–H and O–H groups in total. The van der Waals surface area contributed by atoms with Crippen molar-refractivity contribution in [1.82, 2.24) is 15.1 Å². The molecule has 0 radical (unpaired) electrons. The lowest BCUT2D eigenvalue weighted by Crippen LogP contribution is -2.51. The second kappa shape index (κ2) is 9.22. The number of nitrogens with one attached hydrogen (secondary N) is 1. The molecule has 1 fully saturated rings. The predicted molar refractivity (Wildman–Crippen MR) is 124 cm³/mol. The third kappa shape index (κ3) is 4.98. The highest BCUT2D eigenvalue weighted by Gasteiger charge is 2.51. The van der Waals surface area contributed by atoms with Gasteiger partial charge in [-0.25, -0.2) is 9.69 Å². The molecular formula is C24H24ClN3O2S. The molecule has 1 saturated heterocycles. The van der Waals surface area contributed by atoms with Gasteiger partial charge in [-0.2, -0.15) is 0 Å². The van der Waals surface area contributed by atoms with Gasteiger partial charge in [0.15, 0.2) is 0 Å². The van der Waals surface area contributed by atoms with Crippen LogP contribution in [0, 0.1) is 0 Å². The maximum absolute atomic E-state index is 13.6. The zero-order valence-electron chi connectivity index (χ0n) is 17.3. The summed E-state index contributed by atoms with van der Waals surface area (Å²) >= 11 is 7.52. The van der Waals surface area contributed by atoms with Gasteiger partial charge in [0.2, 0.25) is 0 Å². The van der Waals surface area contributed by atoms with Gasteiger partial charge in [-0.15, -0.1) is 11.3 Å². The van der Waals surface area contributed by atoms with Gasteiger partial charge in [-0.1, -0.05) is 72.3 Å². The minimum absolute atomic E-state index is 0.193. The van der Waals surface area contributed by atoms with Crippen molar-refractivity contribution < 1.29 is 9.59 Å². The van der Waals surface area contributed by atoms with Crippen LogP contribution in [-0.2, 0) is 24.2 Å². The van der Waals surface area contributed by atoms with Gasteiger partial charge in [-0.05, 0) is 30.3 Å². The normalized spacial score (nSPS) is 15.5. The number of imide groups is 1. The van der Waals surface area contributed by atoms with Gasteiger partial charge in [0.05, 0.1) is 11.0 Å². The van der Waals surface area contributed by atoms with E-state index in [-0.39, 0.29) is 18.6 Å². The molecule has 0 aliphatic carbocycles. The zero-order valence-corrected chi connectivity index (χ0v) is 18.8. The van der Waals surface area contributed by atoms with Gasteiger partial charge in [-0.3, -0.25) is 9.69 Å². The molecule has 5 nitrogen and oxygen atoms in total. The molecule has 160 valence electrons. The molecule has 0 unspecified atom stereocenters. The van der Waals surface area contributed by atoms with Gasteiger partial charge < -0.3 is 5.32 Å². The largest absolute Gasteiger partial charge is 0.326 e. The van der Waals surface area contributed by atoms with Crippen molar-refractivity contribution in [2.24, 2.45) is 0 Å². The summed E-state index contributed by atoms with van der Waals surface area (Å²) in [5.74, 6) is -0.193. The first-order valence-corrected chi connectivity index (χ1v) is 11.3. The van der Waals surface area contributed by atoms with Crippen LogP contribution in [0.15, 0.2) is 72.8 Å². The number of nitrogens with zero attached hydrogens (tertiary/aromatic N) is 2. The molecule has 0 saturated carbocycles. The Kier molecular flexibility index (Phi) is 6.41. The van der Waals surface area contributed by atoms with Crippen molar-refractivity contribution in [3.05, 3.63) is 93.1 Å². The summed E-state index contributed by atoms with van der Waals surface area (Å²) in [6.07, 6.45) is 0.877. The van der Waals surface area contributed by atoms with Crippen molar-refractivity contribution in [2.75, 3.05) is 13.7 Å². The van der Waals surface area contributed by atoms with E-state index in [2.05, 4.69) is 5.32 Å². The maximum Gasteiger partial charge on any atom is 0.326 e. The summed E-state index contributed by atoms with van der Waals surface area (Å²) in [7, 11) is 1.89. The lowest BCUT2D eigenvalue weighted by atomic mass is 9.84. The monoisotopic (exact) mass is 453 g/mol. The Morgan fingerprint density at radius 1 is 0.935 bits per heavy atom. The first-order valence-electron chi connectivity index (χ1n) is 10.1. The highest BCUT2D eigenvalue weighted by molar-refractivity contribution is 7.16. The van der Waals surface area contributed by atoms with E-state index in [0.717, 1.165) is 20.3 Å². The van der Waals surface area contributed by atoms with Crippen LogP contribution in [0.5, 0.6) is 0 Å². The van der Waals surface area contributed by atoms with Crippen LogP contribution in [0.25, 0.3) is 0 Å². The molecule has 4 rings (SSSR count). The number of thiophene rings is 1. The highest BCUT2D eigenvalue weighted by atomic mass is 35.5. The summed E-state index contributed by atoms with van der Waals surface area (Å²) in [4.78, 5) is 30.9. The summed E-state index contributed by atoms with van der Waals surface area (Å²) in [6, 6.07) is 23.1. The van der Waals surface area contributed by atoms with E-state index in [1.54, 1.807) is 0 Å². The first-order chi connectivity index (χ1) is 14.9. The number of urea groups is 1. The number of hydrogen-bond donors (Lipinski definition) is 1. The van der Waals surface area contributed by atoms with Crippen molar-refractivity contribution in [1.29, 1.82) is 0 Å². The van der Waals surface area contributed by atoms with E-state index in [1.807, 2.05) is 84.7 Å². The fourth-order valence-corrected chi connectivity index (χ4v) is 5.16. The van der Waals surface area contributed by atoms with E-state index >= 15 is 0 Å². The number of benzene rings is 2.